The van der Waals surface area contributed by atoms with Gasteiger partial charge in [-0.2, -0.15) is 0 Å². The lowest BCUT2D eigenvalue weighted by Crippen LogP contribution is -2.28. The van der Waals surface area contributed by atoms with Gasteiger partial charge >= 0.3 is 0 Å². The van der Waals surface area contributed by atoms with Gasteiger partial charge in [0.2, 0.25) is 5.91 Å². The van der Waals surface area contributed by atoms with E-state index in [1.165, 1.54) is 0 Å². The average molecular weight is 424 g/mol. The number of carbonyl (C=O) groups excluding carboxylic acids is 1. The van der Waals surface area contributed by atoms with Crippen molar-refractivity contribution in [2.45, 2.75) is 6.54 Å². The zero-order valence-corrected chi connectivity index (χ0v) is 16.8. The van der Waals surface area contributed by atoms with Gasteiger partial charge in [-0.25, -0.2) is 0 Å². The van der Waals surface area contributed by atoms with Gasteiger partial charge in [0.25, 0.3) is 0 Å². The van der Waals surface area contributed by atoms with E-state index in [0.29, 0.717) is 18.9 Å². The molecular formula is C19H22BrNO3S. The van der Waals surface area contributed by atoms with Crippen molar-refractivity contribution in [3.05, 3.63) is 58.6 Å². The van der Waals surface area contributed by atoms with Gasteiger partial charge in [0.1, 0.15) is 11.5 Å². The van der Waals surface area contributed by atoms with E-state index in [1.54, 1.807) is 23.8 Å². The maximum absolute atomic E-state index is 12.2. The fraction of sp³-hybridized carbons (Fsp3) is 0.316. The number of carbonyl (C=O) groups is 1. The highest BCUT2D eigenvalue weighted by atomic mass is 79.9. The lowest BCUT2D eigenvalue weighted by molar-refractivity contribution is -0.127. The molecule has 0 saturated heterocycles. The SMILES string of the molecule is COc1ccc(OCCSCC(=O)N(C)Cc2ccccc2Br)cc1. The third kappa shape index (κ3) is 6.63. The molecule has 2 aromatic carbocycles. The standard InChI is InChI=1S/C19H22BrNO3S/c1-21(13-15-5-3-4-6-18(15)20)19(22)14-25-12-11-24-17-9-7-16(23-2)8-10-17/h3-10H,11-14H2,1-2H3. The van der Waals surface area contributed by atoms with E-state index < -0.39 is 0 Å². The third-order valence-corrected chi connectivity index (χ3v) is 5.25. The monoisotopic (exact) mass is 423 g/mol. The molecule has 2 rings (SSSR count). The van der Waals surface area contributed by atoms with E-state index >= 15 is 0 Å². The normalized spacial score (nSPS) is 10.4. The first kappa shape index (κ1) is 19.7. The van der Waals surface area contributed by atoms with Crippen LogP contribution in [0.25, 0.3) is 0 Å². The molecule has 0 saturated carbocycles. The molecule has 25 heavy (non-hydrogen) atoms. The average Bonchev–Trinajstić information content (AvgIpc) is 2.63. The molecule has 0 bridgehead atoms. The lowest BCUT2D eigenvalue weighted by atomic mass is 10.2. The van der Waals surface area contributed by atoms with Crippen molar-refractivity contribution in [2.24, 2.45) is 0 Å². The molecule has 2 aromatic rings. The molecule has 0 heterocycles. The Labute approximate surface area is 161 Å². The summed E-state index contributed by atoms with van der Waals surface area (Å²) in [6.45, 7) is 1.17. The Morgan fingerprint density at radius 2 is 1.80 bits per heavy atom. The van der Waals surface area contributed by atoms with Crippen LogP contribution in [0.2, 0.25) is 0 Å². The van der Waals surface area contributed by atoms with Crippen molar-refractivity contribution in [3.63, 3.8) is 0 Å². The number of rotatable bonds is 9. The summed E-state index contributed by atoms with van der Waals surface area (Å²) < 4.78 is 11.8. The van der Waals surface area contributed by atoms with Crippen LogP contribution in [0.1, 0.15) is 5.56 Å². The topological polar surface area (TPSA) is 38.8 Å². The van der Waals surface area contributed by atoms with Gasteiger partial charge in [-0.1, -0.05) is 34.1 Å². The summed E-state index contributed by atoms with van der Waals surface area (Å²) in [5.74, 6) is 2.94. The van der Waals surface area contributed by atoms with Crippen molar-refractivity contribution in [3.8, 4) is 11.5 Å². The van der Waals surface area contributed by atoms with Crippen molar-refractivity contribution >= 4 is 33.6 Å². The summed E-state index contributed by atoms with van der Waals surface area (Å²) in [7, 11) is 3.47. The summed E-state index contributed by atoms with van der Waals surface area (Å²) in [6, 6.07) is 15.4. The number of hydrogen-bond donors (Lipinski definition) is 0. The van der Waals surface area contributed by atoms with Crippen LogP contribution in [0.15, 0.2) is 53.0 Å². The first-order chi connectivity index (χ1) is 12.1. The number of thioether (sulfide) groups is 1. The molecule has 0 aliphatic carbocycles. The molecule has 0 aromatic heterocycles. The Balaban J connectivity index is 1.65. The molecule has 0 atom stereocenters. The molecule has 0 unspecified atom stereocenters. The second kappa shape index (κ2) is 10.4. The molecule has 0 spiro atoms. The van der Waals surface area contributed by atoms with Crippen molar-refractivity contribution in [1.82, 2.24) is 4.90 Å². The number of halogens is 1. The Morgan fingerprint density at radius 1 is 1.12 bits per heavy atom. The van der Waals surface area contributed by atoms with Crippen LogP contribution in [0, 0.1) is 0 Å². The maximum atomic E-state index is 12.2. The van der Waals surface area contributed by atoms with Crippen LogP contribution in [0.3, 0.4) is 0 Å². The highest BCUT2D eigenvalue weighted by Gasteiger charge is 2.10. The fourth-order valence-electron chi connectivity index (χ4n) is 2.13. The molecule has 0 aliphatic rings. The van der Waals surface area contributed by atoms with Gasteiger partial charge in [-0.15, -0.1) is 11.8 Å². The quantitative estimate of drug-likeness (QED) is 0.565. The smallest absolute Gasteiger partial charge is 0.232 e. The van der Waals surface area contributed by atoms with Crippen molar-refractivity contribution in [1.29, 1.82) is 0 Å². The predicted molar refractivity (Wildman–Crippen MR) is 106 cm³/mol. The third-order valence-electron chi connectivity index (χ3n) is 3.57. The van der Waals surface area contributed by atoms with Crippen LogP contribution < -0.4 is 9.47 Å². The summed E-state index contributed by atoms with van der Waals surface area (Å²) in [4.78, 5) is 13.9. The molecule has 134 valence electrons. The number of methoxy groups -OCH3 is 1. The molecule has 4 nitrogen and oxygen atoms in total. The number of ether oxygens (including phenoxy) is 2. The number of hydrogen-bond acceptors (Lipinski definition) is 4. The van der Waals surface area contributed by atoms with E-state index in [-0.39, 0.29) is 5.91 Å². The molecule has 0 aliphatic heterocycles. The van der Waals surface area contributed by atoms with Gasteiger partial charge in [-0.05, 0) is 35.9 Å². The fourth-order valence-corrected chi connectivity index (χ4v) is 3.28. The second-order valence-corrected chi connectivity index (χ2v) is 7.38. The zero-order chi connectivity index (χ0) is 18.1. The van der Waals surface area contributed by atoms with Crippen LogP contribution >= 0.6 is 27.7 Å². The summed E-state index contributed by atoms with van der Waals surface area (Å²) in [6.07, 6.45) is 0. The summed E-state index contributed by atoms with van der Waals surface area (Å²) in [5, 5.41) is 0. The second-order valence-electron chi connectivity index (χ2n) is 5.42. The largest absolute Gasteiger partial charge is 0.497 e. The first-order valence-corrected chi connectivity index (χ1v) is 9.87. The Hall–Kier alpha value is -1.66. The summed E-state index contributed by atoms with van der Waals surface area (Å²) >= 11 is 5.09. The minimum absolute atomic E-state index is 0.116. The van der Waals surface area contributed by atoms with Crippen molar-refractivity contribution < 1.29 is 14.3 Å². The molecule has 0 N–H and O–H groups in total. The Kier molecular flexibility index (Phi) is 8.15. The minimum Gasteiger partial charge on any atom is -0.497 e. The van der Waals surface area contributed by atoms with E-state index in [4.69, 9.17) is 9.47 Å². The van der Waals surface area contributed by atoms with Crippen LogP contribution in [0.5, 0.6) is 11.5 Å². The van der Waals surface area contributed by atoms with Crippen LogP contribution in [-0.2, 0) is 11.3 Å². The number of amides is 1. The van der Waals surface area contributed by atoms with E-state index in [9.17, 15) is 4.79 Å². The minimum atomic E-state index is 0.116. The van der Waals surface area contributed by atoms with Crippen LogP contribution in [-0.4, -0.2) is 43.1 Å². The number of benzene rings is 2. The van der Waals surface area contributed by atoms with Crippen molar-refractivity contribution in [2.75, 3.05) is 32.3 Å². The first-order valence-electron chi connectivity index (χ1n) is 7.92. The molecule has 6 heteroatoms. The molecule has 1 amide bonds. The lowest BCUT2D eigenvalue weighted by Gasteiger charge is -2.18. The molecule has 0 radical (unpaired) electrons. The van der Waals surface area contributed by atoms with Gasteiger partial charge in [0.15, 0.2) is 0 Å². The van der Waals surface area contributed by atoms with E-state index in [2.05, 4.69) is 15.9 Å². The molecular weight excluding hydrogens is 402 g/mol. The maximum Gasteiger partial charge on any atom is 0.232 e. The highest BCUT2D eigenvalue weighted by molar-refractivity contribution is 9.10. The zero-order valence-electron chi connectivity index (χ0n) is 14.4. The Bertz CT molecular complexity index is 679. The predicted octanol–water partition coefficient (Wildman–Crippen LogP) is 4.23. The highest BCUT2D eigenvalue weighted by Crippen LogP contribution is 2.18. The van der Waals surface area contributed by atoms with Gasteiger partial charge in [-0.3, -0.25) is 4.79 Å². The van der Waals surface area contributed by atoms with Crippen LogP contribution in [0.4, 0.5) is 0 Å². The summed E-state index contributed by atoms with van der Waals surface area (Å²) in [5.41, 5.74) is 1.10. The van der Waals surface area contributed by atoms with E-state index in [1.807, 2.05) is 55.6 Å². The van der Waals surface area contributed by atoms with Gasteiger partial charge < -0.3 is 14.4 Å². The van der Waals surface area contributed by atoms with Gasteiger partial charge in [0, 0.05) is 23.8 Å². The number of nitrogens with zero attached hydrogens (tertiary/aromatic N) is 1. The van der Waals surface area contributed by atoms with E-state index in [0.717, 1.165) is 27.3 Å². The van der Waals surface area contributed by atoms with Gasteiger partial charge in [0.05, 0.1) is 19.5 Å². The molecule has 0 fully saturated rings. The Morgan fingerprint density at radius 3 is 2.48 bits per heavy atom.